The van der Waals surface area contributed by atoms with Gasteiger partial charge in [-0.3, -0.25) is 9.88 Å². The minimum Gasteiger partial charge on any atom is -0.496 e. The Morgan fingerprint density at radius 1 is 0.929 bits per heavy atom. The van der Waals surface area contributed by atoms with Gasteiger partial charge in [-0.2, -0.15) is 0 Å². The molecule has 1 unspecified atom stereocenters. The predicted molar refractivity (Wildman–Crippen MR) is 112 cm³/mol. The molecule has 0 radical (unpaired) electrons. The fourth-order valence-corrected chi connectivity index (χ4v) is 4.17. The first-order chi connectivity index (χ1) is 13.8. The highest BCUT2D eigenvalue weighted by Gasteiger charge is 2.30. The smallest absolute Gasteiger partial charge is 0.127 e. The number of pyridine rings is 1. The molecule has 1 atom stereocenters. The zero-order valence-electron chi connectivity index (χ0n) is 16.5. The topological polar surface area (TPSA) is 46.6 Å². The minimum absolute atomic E-state index is 0.0268. The van der Waals surface area contributed by atoms with Crippen molar-refractivity contribution in [2.24, 2.45) is 0 Å². The van der Waals surface area contributed by atoms with E-state index < -0.39 is 0 Å². The van der Waals surface area contributed by atoms with Crippen molar-refractivity contribution in [1.82, 2.24) is 15.2 Å². The van der Waals surface area contributed by atoms with Crippen molar-refractivity contribution in [3.8, 4) is 11.5 Å². The van der Waals surface area contributed by atoms with E-state index in [1.54, 1.807) is 14.2 Å². The van der Waals surface area contributed by atoms with Crippen LogP contribution in [0.5, 0.6) is 11.5 Å². The van der Waals surface area contributed by atoms with Crippen LogP contribution in [-0.2, 0) is 0 Å². The summed E-state index contributed by atoms with van der Waals surface area (Å²) in [6.45, 7) is 3.98. The highest BCUT2D eigenvalue weighted by atomic mass is 16.5. The van der Waals surface area contributed by atoms with E-state index in [0.717, 1.165) is 55.2 Å². The number of hydrogen-bond acceptors (Lipinski definition) is 5. The summed E-state index contributed by atoms with van der Waals surface area (Å²) in [6, 6.07) is 16.5. The van der Waals surface area contributed by atoms with Gasteiger partial charge < -0.3 is 14.8 Å². The van der Waals surface area contributed by atoms with Gasteiger partial charge in [0.15, 0.2) is 0 Å². The maximum Gasteiger partial charge on any atom is 0.127 e. The zero-order valence-corrected chi connectivity index (χ0v) is 16.5. The molecule has 0 spiro atoms. The van der Waals surface area contributed by atoms with Crippen LogP contribution in [0.3, 0.4) is 0 Å². The maximum absolute atomic E-state index is 5.79. The van der Waals surface area contributed by atoms with Gasteiger partial charge in [-0.15, -0.1) is 0 Å². The standard InChI is InChI=1S/C23H27N3O2/c1-27-20-9-5-10-21(28-2)22(20)23(26-15-6-12-24-14-16-26)18-11-13-25-19-8-4-3-7-17(18)19/h3-5,7-11,13,23-24H,6,12,14-16H2,1-2H3. The van der Waals surface area contributed by atoms with Crippen molar-refractivity contribution in [2.75, 3.05) is 40.4 Å². The summed E-state index contributed by atoms with van der Waals surface area (Å²) in [5.74, 6) is 1.70. The van der Waals surface area contributed by atoms with Crippen LogP contribution in [0.4, 0.5) is 0 Å². The van der Waals surface area contributed by atoms with Crippen LogP contribution in [0.15, 0.2) is 54.7 Å². The first-order valence-corrected chi connectivity index (χ1v) is 9.83. The van der Waals surface area contributed by atoms with E-state index in [4.69, 9.17) is 9.47 Å². The maximum atomic E-state index is 5.79. The fraction of sp³-hybridized carbons (Fsp3) is 0.348. The van der Waals surface area contributed by atoms with Crippen LogP contribution >= 0.6 is 0 Å². The molecular formula is C23H27N3O2. The molecule has 1 aliphatic rings. The average molecular weight is 377 g/mol. The summed E-state index contributed by atoms with van der Waals surface area (Å²) in [5.41, 5.74) is 3.31. The molecule has 1 aromatic heterocycles. The second-order valence-corrected chi connectivity index (χ2v) is 7.04. The van der Waals surface area contributed by atoms with Gasteiger partial charge in [-0.05, 0) is 42.8 Å². The quantitative estimate of drug-likeness (QED) is 0.736. The largest absolute Gasteiger partial charge is 0.496 e. The van der Waals surface area contributed by atoms with E-state index in [0.29, 0.717) is 0 Å². The summed E-state index contributed by atoms with van der Waals surface area (Å²) >= 11 is 0. The van der Waals surface area contributed by atoms with Crippen LogP contribution in [0.2, 0.25) is 0 Å². The number of nitrogens with zero attached hydrogens (tertiary/aromatic N) is 2. The van der Waals surface area contributed by atoms with E-state index in [1.165, 1.54) is 10.9 Å². The Morgan fingerprint density at radius 2 is 1.71 bits per heavy atom. The van der Waals surface area contributed by atoms with Gasteiger partial charge in [-0.1, -0.05) is 24.3 Å². The molecule has 0 saturated carbocycles. The number of ether oxygens (including phenoxy) is 2. The second kappa shape index (κ2) is 8.59. The SMILES string of the molecule is COc1cccc(OC)c1C(c1ccnc2ccccc12)N1CCCNCC1. The van der Waals surface area contributed by atoms with Gasteiger partial charge in [0.05, 0.1) is 31.3 Å². The Hall–Kier alpha value is -2.63. The Balaban J connectivity index is 1.95. The molecule has 0 aliphatic carbocycles. The van der Waals surface area contributed by atoms with Gasteiger partial charge in [0.1, 0.15) is 11.5 Å². The lowest BCUT2D eigenvalue weighted by molar-refractivity contribution is 0.232. The molecule has 5 nitrogen and oxygen atoms in total. The molecule has 1 fully saturated rings. The van der Waals surface area contributed by atoms with Crippen molar-refractivity contribution >= 4 is 10.9 Å². The molecule has 2 aromatic carbocycles. The third-order valence-electron chi connectivity index (χ3n) is 5.46. The number of aromatic nitrogens is 1. The molecule has 1 saturated heterocycles. The van der Waals surface area contributed by atoms with Crippen molar-refractivity contribution < 1.29 is 9.47 Å². The molecule has 146 valence electrons. The number of benzene rings is 2. The number of fused-ring (bicyclic) bond motifs is 1. The normalized spacial score (nSPS) is 16.5. The molecule has 2 heterocycles. The van der Waals surface area contributed by atoms with E-state index in [1.807, 2.05) is 30.5 Å². The monoisotopic (exact) mass is 377 g/mol. The number of nitrogens with one attached hydrogen (secondary N) is 1. The summed E-state index contributed by atoms with van der Waals surface area (Å²) in [7, 11) is 3.45. The third kappa shape index (κ3) is 3.55. The lowest BCUT2D eigenvalue weighted by Crippen LogP contribution is -2.33. The number of methoxy groups -OCH3 is 2. The summed E-state index contributed by atoms with van der Waals surface area (Å²) in [5, 5.41) is 4.68. The van der Waals surface area contributed by atoms with Crippen LogP contribution in [-0.4, -0.2) is 50.3 Å². The van der Waals surface area contributed by atoms with E-state index in [2.05, 4.69) is 39.5 Å². The van der Waals surface area contributed by atoms with E-state index in [9.17, 15) is 0 Å². The molecule has 1 aliphatic heterocycles. The predicted octanol–water partition coefficient (Wildman–Crippen LogP) is 3.64. The number of hydrogen-bond donors (Lipinski definition) is 1. The Bertz CT molecular complexity index is 909. The second-order valence-electron chi connectivity index (χ2n) is 7.04. The summed E-state index contributed by atoms with van der Waals surface area (Å²) < 4.78 is 11.6. The third-order valence-corrected chi connectivity index (χ3v) is 5.46. The van der Waals surface area contributed by atoms with E-state index >= 15 is 0 Å². The lowest BCUT2D eigenvalue weighted by atomic mass is 9.92. The summed E-state index contributed by atoms with van der Waals surface area (Å²) in [6.07, 6.45) is 3.01. The molecule has 3 aromatic rings. The highest BCUT2D eigenvalue weighted by molar-refractivity contribution is 5.83. The Kier molecular flexibility index (Phi) is 5.74. The first-order valence-electron chi connectivity index (χ1n) is 9.83. The van der Waals surface area contributed by atoms with Gasteiger partial charge in [-0.25, -0.2) is 0 Å². The van der Waals surface area contributed by atoms with E-state index in [-0.39, 0.29) is 6.04 Å². The first kappa shape index (κ1) is 18.7. The Morgan fingerprint density at radius 3 is 2.50 bits per heavy atom. The van der Waals surface area contributed by atoms with Crippen LogP contribution in [0.1, 0.15) is 23.6 Å². The van der Waals surface area contributed by atoms with Gasteiger partial charge in [0.25, 0.3) is 0 Å². The number of para-hydroxylation sites is 1. The molecular weight excluding hydrogens is 350 g/mol. The van der Waals surface area contributed by atoms with Crippen molar-refractivity contribution in [3.63, 3.8) is 0 Å². The molecule has 28 heavy (non-hydrogen) atoms. The van der Waals surface area contributed by atoms with Crippen molar-refractivity contribution in [3.05, 3.63) is 65.9 Å². The average Bonchev–Trinajstić information content (AvgIpc) is 3.03. The van der Waals surface area contributed by atoms with Crippen LogP contribution in [0, 0.1) is 0 Å². The zero-order chi connectivity index (χ0) is 19.3. The molecule has 1 N–H and O–H groups in total. The van der Waals surface area contributed by atoms with Crippen molar-refractivity contribution in [1.29, 1.82) is 0 Å². The molecule has 4 rings (SSSR count). The van der Waals surface area contributed by atoms with Crippen molar-refractivity contribution in [2.45, 2.75) is 12.5 Å². The van der Waals surface area contributed by atoms with Gasteiger partial charge in [0.2, 0.25) is 0 Å². The highest BCUT2D eigenvalue weighted by Crippen LogP contribution is 2.42. The molecule has 5 heteroatoms. The molecule has 0 amide bonds. The van der Waals surface area contributed by atoms with Gasteiger partial charge in [0, 0.05) is 31.2 Å². The fourth-order valence-electron chi connectivity index (χ4n) is 4.17. The minimum atomic E-state index is 0.0268. The lowest BCUT2D eigenvalue weighted by Gasteiger charge is -2.33. The number of rotatable bonds is 5. The van der Waals surface area contributed by atoms with Crippen LogP contribution < -0.4 is 14.8 Å². The summed E-state index contributed by atoms with van der Waals surface area (Å²) in [4.78, 5) is 7.10. The van der Waals surface area contributed by atoms with Crippen LogP contribution in [0.25, 0.3) is 10.9 Å². The Labute approximate surface area is 166 Å². The van der Waals surface area contributed by atoms with Gasteiger partial charge >= 0.3 is 0 Å². The molecule has 0 bridgehead atoms.